The highest BCUT2D eigenvalue weighted by atomic mass is 16.3. The van der Waals surface area contributed by atoms with E-state index >= 15 is 0 Å². The van der Waals surface area contributed by atoms with E-state index in [1.54, 1.807) is 0 Å². The van der Waals surface area contributed by atoms with E-state index in [1.807, 2.05) is 24.3 Å². The summed E-state index contributed by atoms with van der Waals surface area (Å²) in [5.74, 6) is 3.23. The van der Waals surface area contributed by atoms with E-state index in [0.717, 1.165) is 55.3 Å². The summed E-state index contributed by atoms with van der Waals surface area (Å²) < 4.78 is 5.96. The maximum Gasteiger partial charge on any atom is 0.225 e. The van der Waals surface area contributed by atoms with E-state index in [-0.39, 0.29) is 5.92 Å². The molecule has 4 atom stereocenters. The summed E-state index contributed by atoms with van der Waals surface area (Å²) in [5.41, 5.74) is 1.77. The summed E-state index contributed by atoms with van der Waals surface area (Å²) in [6, 6.07) is 7.92. The number of aromatic nitrogens is 1. The molecule has 0 radical (unpaired) electrons. The second-order valence-electron chi connectivity index (χ2n) is 7.92. The van der Waals surface area contributed by atoms with Crippen LogP contribution in [0.2, 0.25) is 0 Å². The second-order valence-corrected chi connectivity index (χ2v) is 7.92. The number of para-hydroxylation sites is 2. The number of hydrogen-bond acceptors (Lipinski definition) is 3. The molecule has 5 rings (SSSR count). The van der Waals surface area contributed by atoms with Crippen molar-refractivity contribution in [1.29, 1.82) is 0 Å². The summed E-state index contributed by atoms with van der Waals surface area (Å²) >= 11 is 0. The molecule has 0 N–H and O–H groups in total. The third-order valence-corrected chi connectivity index (χ3v) is 6.45. The number of piperidine rings is 1. The fraction of sp³-hybridized carbons (Fsp3) is 0.600. The van der Waals surface area contributed by atoms with Crippen LogP contribution in [0.1, 0.15) is 50.3 Å². The normalized spacial score (nSPS) is 32.6. The number of amides is 1. The van der Waals surface area contributed by atoms with E-state index in [4.69, 9.17) is 4.42 Å². The van der Waals surface area contributed by atoms with Gasteiger partial charge < -0.3 is 9.32 Å². The first-order valence-corrected chi connectivity index (χ1v) is 9.42. The first kappa shape index (κ1) is 14.5. The van der Waals surface area contributed by atoms with Crippen molar-refractivity contribution < 1.29 is 9.21 Å². The molecule has 0 spiro atoms. The van der Waals surface area contributed by atoms with Gasteiger partial charge in [0.15, 0.2) is 11.5 Å². The molecule has 2 bridgehead atoms. The average molecular weight is 324 g/mol. The molecule has 1 amide bonds. The molecular weight excluding hydrogens is 300 g/mol. The van der Waals surface area contributed by atoms with Gasteiger partial charge in [-0.1, -0.05) is 18.6 Å². The standard InChI is InChI=1S/C20H24N2O2/c23-20(16-11-13-7-8-14(16)10-13)22-9-3-4-15(12-22)19-21-17-5-1-2-6-18(17)24-19/h1-2,5-6,13-16H,3-4,7-12H2/t13-,14-,15-,16+/m0/s1. The van der Waals surface area contributed by atoms with Gasteiger partial charge in [0.05, 0.1) is 5.92 Å². The van der Waals surface area contributed by atoms with E-state index in [0.29, 0.717) is 17.7 Å². The molecule has 1 aliphatic heterocycles. The van der Waals surface area contributed by atoms with Gasteiger partial charge in [0, 0.05) is 19.0 Å². The molecular formula is C20H24N2O2. The van der Waals surface area contributed by atoms with E-state index in [9.17, 15) is 4.79 Å². The van der Waals surface area contributed by atoms with Crippen molar-refractivity contribution in [1.82, 2.24) is 9.88 Å². The number of benzene rings is 1. The van der Waals surface area contributed by atoms with Crippen LogP contribution in [0.3, 0.4) is 0 Å². The molecule has 1 saturated heterocycles. The first-order chi connectivity index (χ1) is 11.8. The molecule has 3 fully saturated rings. The maximum absolute atomic E-state index is 13.0. The predicted octanol–water partition coefficient (Wildman–Crippen LogP) is 3.97. The van der Waals surface area contributed by atoms with E-state index in [2.05, 4.69) is 9.88 Å². The number of carbonyl (C=O) groups is 1. The van der Waals surface area contributed by atoms with Gasteiger partial charge in [0.1, 0.15) is 5.52 Å². The quantitative estimate of drug-likeness (QED) is 0.839. The van der Waals surface area contributed by atoms with Crippen LogP contribution in [0.5, 0.6) is 0 Å². The SMILES string of the molecule is O=C([C@@H]1C[C@H]2CC[C@H]1C2)N1CCC[C@H](c2nc3ccccc3o2)C1. The summed E-state index contributed by atoms with van der Waals surface area (Å²) in [5, 5.41) is 0. The first-order valence-electron chi connectivity index (χ1n) is 9.42. The Morgan fingerprint density at radius 2 is 2.08 bits per heavy atom. The molecule has 1 aromatic carbocycles. The van der Waals surface area contributed by atoms with Gasteiger partial charge in [-0.05, 0) is 56.1 Å². The molecule has 1 aromatic heterocycles. The minimum atomic E-state index is 0.244. The Morgan fingerprint density at radius 1 is 1.17 bits per heavy atom. The molecule has 2 aromatic rings. The highest BCUT2D eigenvalue weighted by molar-refractivity contribution is 5.80. The number of carbonyl (C=O) groups excluding carboxylic acids is 1. The number of hydrogen-bond donors (Lipinski definition) is 0. The van der Waals surface area contributed by atoms with Gasteiger partial charge >= 0.3 is 0 Å². The number of rotatable bonds is 2. The lowest BCUT2D eigenvalue weighted by atomic mass is 9.86. The lowest BCUT2D eigenvalue weighted by Gasteiger charge is -2.35. The molecule has 0 unspecified atom stereocenters. The molecule has 2 heterocycles. The third kappa shape index (κ3) is 2.35. The highest BCUT2D eigenvalue weighted by Crippen LogP contribution is 2.49. The number of fused-ring (bicyclic) bond motifs is 3. The molecule has 126 valence electrons. The smallest absolute Gasteiger partial charge is 0.225 e. The largest absolute Gasteiger partial charge is 0.440 e. The Balaban J connectivity index is 1.33. The number of nitrogens with zero attached hydrogens (tertiary/aromatic N) is 2. The van der Waals surface area contributed by atoms with Crippen molar-refractivity contribution in [2.24, 2.45) is 17.8 Å². The molecule has 4 nitrogen and oxygen atoms in total. The van der Waals surface area contributed by atoms with Gasteiger partial charge in [0.25, 0.3) is 0 Å². The fourth-order valence-electron chi connectivity index (χ4n) is 5.23. The van der Waals surface area contributed by atoms with Crippen LogP contribution in [-0.2, 0) is 4.79 Å². The van der Waals surface area contributed by atoms with Crippen LogP contribution in [0, 0.1) is 17.8 Å². The molecule has 24 heavy (non-hydrogen) atoms. The second kappa shape index (κ2) is 5.61. The zero-order chi connectivity index (χ0) is 16.1. The van der Waals surface area contributed by atoms with Crippen molar-refractivity contribution in [3.8, 4) is 0 Å². The Hall–Kier alpha value is -1.84. The van der Waals surface area contributed by atoms with Crippen LogP contribution in [0.4, 0.5) is 0 Å². The Bertz CT molecular complexity index is 735. The van der Waals surface area contributed by atoms with E-state index in [1.165, 1.54) is 19.3 Å². The van der Waals surface area contributed by atoms with Crippen LogP contribution in [0.25, 0.3) is 11.1 Å². The van der Waals surface area contributed by atoms with Crippen LogP contribution < -0.4 is 0 Å². The number of oxazole rings is 1. The average Bonchev–Trinajstić information content (AvgIpc) is 3.35. The number of likely N-dealkylation sites (tertiary alicyclic amines) is 1. The zero-order valence-corrected chi connectivity index (χ0v) is 14.0. The molecule has 4 heteroatoms. The zero-order valence-electron chi connectivity index (χ0n) is 14.0. The fourth-order valence-corrected chi connectivity index (χ4v) is 5.23. The summed E-state index contributed by atoms with van der Waals surface area (Å²) in [7, 11) is 0. The van der Waals surface area contributed by atoms with Crippen molar-refractivity contribution in [3.63, 3.8) is 0 Å². The summed E-state index contributed by atoms with van der Waals surface area (Å²) in [4.78, 5) is 19.8. The molecule has 2 aliphatic carbocycles. The van der Waals surface area contributed by atoms with Crippen LogP contribution >= 0.6 is 0 Å². The van der Waals surface area contributed by atoms with Crippen molar-refractivity contribution >= 4 is 17.0 Å². The summed E-state index contributed by atoms with van der Waals surface area (Å²) in [6.45, 7) is 1.68. The van der Waals surface area contributed by atoms with Crippen LogP contribution in [-0.4, -0.2) is 28.9 Å². The monoisotopic (exact) mass is 324 g/mol. The summed E-state index contributed by atoms with van der Waals surface area (Å²) in [6.07, 6.45) is 7.15. The van der Waals surface area contributed by atoms with E-state index < -0.39 is 0 Å². The Kier molecular flexibility index (Phi) is 3.39. The molecule has 2 saturated carbocycles. The molecule has 3 aliphatic rings. The van der Waals surface area contributed by atoms with Gasteiger partial charge in [-0.25, -0.2) is 4.98 Å². The topological polar surface area (TPSA) is 46.3 Å². The van der Waals surface area contributed by atoms with Crippen LogP contribution in [0.15, 0.2) is 28.7 Å². The van der Waals surface area contributed by atoms with Gasteiger partial charge in [-0.3, -0.25) is 4.79 Å². The predicted molar refractivity (Wildman–Crippen MR) is 91.5 cm³/mol. The minimum Gasteiger partial charge on any atom is -0.440 e. The third-order valence-electron chi connectivity index (χ3n) is 6.45. The van der Waals surface area contributed by atoms with Gasteiger partial charge in [-0.2, -0.15) is 0 Å². The minimum absolute atomic E-state index is 0.244. The Labute approximate surface area is 142 Å². The Morgan fingerprint density at radius 3 is 2.88 bits per heavy atom. The lowest BCUT2D eigenvalue weighted by molar-refractivity contribution is -0.138. The van der Waals surface area contributed by atoms with Gasteiger partial charge in [-0.15, -0.1) is 0 Å². The lowest BCUT2D eigenvalue weighted by Crippen LogP contribution is -2.43. The maximum atomic E-state index is 13.0. The van der Waals surface area contributed by atoms with Crippen molar-refractivity contribution in [2.45, 2.75) is 44.4 Å². The van der Waals surface area contributed by atoms with Crippen molar-refractivity contribution in [3.05, 3.63) is 30.2 Å². The highest BCUT2D eigenvalue weighted by Gasteiger charge is 2.45. The van der Waals surface area contributed by atoms with Gasteiger partial charge in [0.2, 0.25) is 5.91 Å². The van der Waals surface area contributed by atoms with Crippen molar-refractivity contribution in [2.75, 3.05) is 13.1 Å².